The molecule has 0 fully saturated rings. The SMILES string of the molecule is CCC(C)n1nc(NC(=O)C(=O)Nc2cc(Cl)ccc2F)cc1C. The van der Waals surface area contributed by atoms with Crippen LogP contribution in [-0.2, 0) is 9.59 Å². The Kier molecular flexibility index (Phi) is 5.56. The van der Waals surface area contributed by atoms with Gasteiger partial charge >= 0.3 is 11.8 Å². The lowest BCUT2D eigenvalue weighted by atomic mass is 10.2. The third-order valence-corrected chi connectivity index (χ3v) is 3.79. The van der Waals surface area contributed by atoms with Crippen LogP contribution in [0.3, 0.4) is 0 Å². The summed E-state index contributed by atoms with van der Waals surface area (Å²) in [6, 6.07) is 5.51. The van der Waals surface area contributed by atoms with E-state index < -0.39 is 17.6 Å². The van der Waals surface area contributed by atoms with Gasteiger partial charge in [-0.25, -0.2) is 4.39 Å². The molecule has 6 nitrogen and oxygen atoms in total. The van der Waals surface area contributed by atoms with Crippen molar-refractivity contribution in [1.82, 2.24) is 9.78 Å². The van der Waals surface area contributed by atoms with Gasteiger partial charge in [0.2, 0.25) is 0 Å². The highest BCUT2D eigenvalue weighted by atomic mass is 35.5. The number of benzene rings is 1. The van der Waals surface area contributed by atoms with Crippen molar-refractivity contribution in [3.63, 3.8) is 0 Å². The molecule has 1 aromatic heterocycles. The van der Waals surface area contributed by atoms with Crippen molar-refractivity contribution in [1.29, 1.82) is 0 Å². The van der Waals surface area contributed by atoms with Crippen molar-refractivity contribution in [2.24, 2.45) is 0 Å². The first-order chi connectivity index (χ1) is 11.3. The summed E-state index contributed by atoms with van der Waals surface area (Å²) in [5, 5.41) is 9.08. The third kappa shape index (κ3) is 4.11. The van der Waals surface area contributed by atoms with Gasteiger partial charge in [-0.15, -0.1) is 0 Å². The zero-order valence-corrected chi connectivity index (χ0v) is 14.3. The molecule has 0 saturated heterocycles. The molecule has 24 heavy (non-hydrogen) atoms. The Labute approximate surface area is 144 Å². The molecule has 8 heteroatoms. The molecule has 1 heterocycles. The number of nitrogens with zero attached hydrogens (tertiary/aromatic N) is 2. The molecule has 2 amide bonds. The molecule has 1 atom stereocenters. The number of nitrogens with one attached hydrogen (secondary N) is 2. The van der Waals surface area contributed by atoms with Crippen LogP contribution < -0.4 is 10.6 Å². The molecule has 0 radical (unpaired) electrons. The van der Waals surface area contributed by atoms with Crippen LogP contribution in [0, 0.1) is 12.7 Å². The van der Waals surface area contributed by atoms with Crippen molar-refractivity contribution >= 4 is 34.9 Å². The molecular formula is C16H18ClFN4O2. The molecule has 1 unspecified atom stereocenters. The van der Waals surface area contributed by atoms with E-state index in [-0.39, 0.29) is 22.6 Å². The predicted octanol–water partition coefficient (Wildman–Crippen LogP) is 3.53. The van der Waals surface area contributed by atoms with E-state index in [1.165, 1.54) is 12.1 Å². The Morgan fingerprint density at radius 1 is 1.29 bits per heavy atom. The van der Waals surface area contributed by atoms with Crippen LogP contribution in [0.4, 0.5) is 15.9 Å². The maximum atomic E-state index is 13.6. The van der Waals surface area contributed by atoms with Gasteiger partial charge in [0.15, 0.2) is 5.82 Å². The molecule has 0 saturated carbocycles. The fourth-order valence-corrected chi connectivity index (χ4v) is 2.29. The molecule has 128 valence electrons. The van der Waals surface area contributed by atoms with Gasteiger partial charge in [-0.05, 0) is 38.5 Å². The maximum absolute atomic E-state index is 13.6. The van der Waals surface area contributed by atoms with E-state index >= 15 is 0 Å². The molecule has 1 aromatic carbocycles. The summed E-state index contributed by atoms with van der Waals surface area (Å²) in [5.74, 6) is -2.37. The van der Waals surface area contributed by atoms with E-state index in [1.807, 2.05) is 20.8 Å². The number of rotatable bonds is 4. The van der Waals surface area contributed by atoms with Crippen LogP contribution in [0.5, 0.6) is 0 Å². The zero-order chi connectivity index (χ0) is 17.9. The molecule has 0 aliphatic heterocycles. The quantitative estimate of drug-likeness (QED) is 0.826. The van der Waals surface area contributed by atoms with Gasteiger partial charge < -0.3 is 10.6 Å². The highest BCUT2D eigenvalue weighted by Gasteiger charge is 2.18. The lowest BCUT2D eigenvalue weighted by Gasteiger charge is -2.11. The third-order valence-electron chi connectivity index (χ3n) is 3.56. The number of hydrogen-bond donors (Lipinski definition) is 2. The first-order valence-corrected chi connectivity index (χ1v) is 7.83. The Hall–Kier alpha value is -2.41. The fourth-order valence-electron chi connectivity index (χ4n) is 2.11. The minimum Gasteiger partial charge on any atom is -0.315 e. The average molecular weight is 353 g/mol. The van der Waals surface area contributed by atoms with Crippen molar-refractivity contribution in [3.8, 4) is 0 Å². The van der Waals surface area contributed by atoms with Gasteiger partial charge in [0.05, 0.1) is 5.69 Å². The number of aromatic nitrogens is 2. The molecule has 0 aliphatic rings. The summed E-state index contributed by atoms with van der Waals surface area (Å²) < 4.78 is 15.4. The minimum absolute atomic E-state index is 0.163. The van der Waals surface area contributed by atoms with Crippen molar-refractivity contribution in [2.45, 2.75) is 33.2 Å². The summed E-state index contributed by atoms with van der Waals surface area (Å²) in [5.41, 5.74) is 0.699. The summed E-state index contributed by atoms with van der Waals surface area (Å²) in [6.45, 7) is 5.88. The van der Waals surface area contributed by atoms with E-state index in [1.54, 1.807) is 10.7 Å². The Morgan fingerprint density at radius 3 is 2.62 bits per heavy atom. The summed E-state index contributed by atoms with van der Waals surface area (Å²) in [7, 11) is 0. The number of amides is 2. The van der Waals surface area contributed by atoms with Crippen LogP contribution in [0.2, 0.25) is 5.02 Å². The normalized spacial score (nSPS) is 11.9. The second-order valence-corrected chi connectivity index (χ2v) is 5.84. The van der Waals surface area contributed by atoms with Crippen LogP contribution in [-0.4, -0.2) is 21.6 Å². The summed E-state index contributed by atoms with van der Waals surface area (Å²) in [6.07, 6.45) is 0.879. The minimum atomic E-state index is -1.01. The van der Waals surface area contributed by atoms with Gasteiger partial charge in [0, 0.05) is 22.8 Å². The van der Waals surface area contributed by atoms with Crippen LogP contribution in [0.25, 0.3) is 0 Å². The van der Waals surface area contributed by atoms with Crippen molar-refractivity contribution < 1.29 is 14.0 Å². The van der Waals surface area contributed by atoms with Gasteiger partial charge in [0.1, 0.15) is 5.82 Å². The molecule has 0 bridgehead atoms. The van der Waals surface area contributed by atoms with Crippen molar-refractivity contribution in [3.05, 3.63) is 40.8 Å². The van der Waals surface area contributed by atoms with E-state index in [0.29, 0.717) is 0 Å². The van der Waals surface area contributed by atoms with Gasteiger partial charge in [0.25, 0.3) is 0 Å². The Balaban J connectivity index is 2.07. The van der Waals surface area contributed by atoms with Crippen LogP contribution in [0.15, 0.2) is 24.3 Å². The number of carbonyl (C=O) groups excluding carboxylic acids is 2. The molecule has 0 spiro atoms. The highest BCUT2D eigenvalue weighted by molar-refractivity contribution is 6.43. The number of aryl methyl sites for hydroxylation is 1. The number of hydrogen-bond acceptors (Lipinski definition) is 3. The van der Waals surface area contributed by atoms with Crippen LogP contribution >= 0.6 is 11.6 Å². The number of halogens is 2. The molecule has 0 aliphatic carbocycles. The van der Waals surface area contributed by atoms with Gasteiger partial charge in [-0.2, -0.15) is 5.10 Å². The van der Waals surface area contributed by atoms with E-state index in [9.17, 15) is 14.0 Å². The first kappa shape index (κ1) is 17.9. The highest BCUT2D eigenvalue weighted by Crippen LogP contribution is 2.20. The lowest BCUT2D eigenvalue weighted by Crippen LogP contribution is -2.29. The molecule has 2 N–H and O–H groups in total. The van der Waals surface area contributed by atoms with E-state index in [0.717, 1.165) is 18.2 Å². The molecule has 2 aromatic rings. The predicted molar refractivity (Wildman–Crippen MR) is 90.6 cm³/mol. The fraction of sp³-hybridized carbons (Fsp3) is 0.312. The summed E-state index contributed by atoms with van der Waals surface area (Å²) in [4.78, 5) is 23.8. The summed E-state index contributed by atoms with van der Waals surface area (Å²) >= 11 is 5.74. The average Bonchev–Trinajstić information content (AvgIpc) is 2.90. The lowest BCUT2D eigenvalue weighted by molar-refractivity contribution is -0.133. The molecule has 2 rings (SSSR count). The maximum Gasteiger partial charge on any atom is 0.315 e. The number of carbonyl (C=O) groups is 2. The monoisotopic (exact) mass is 352 g/mol. The van der Waals surface area contributed by atoms with Crippen molar-refractivity contribution in [2.75, 3.05) is 10.6 Å². The van der Waals surface area contributed by atoms with E-state index in [2.05, 4.69) is 15.7 Å². The first-order valence-electron chi connectivity index (χ1n) is 7.45. The Morgan fingerprint density at radius 2 is 1.96 bits per heavy atom. The smallest absolute Gasteiger partial charge is 0.315 e. The van der Waals surface area contributed by atoms with Gasteiger partial charge in [-0.1, -0.05) is 18.5 Å². The second kappa shape index (κ2) is 7.44. The van der Waals surface area contributed by atoms with E-state index in [4.69, 9.17) is 11.6 Å². The second-order valence-electron chi connectivity index (χ2n) is 5.41. The van der Waals surface area contributed by atoms with Gasteiger partial charge in [-0.3, -0.25) is 14.3 Å². The zero-order valence-electron chi connectivity index (χ0n) is 13.6. The molecular weight excluding hydrogens is 335 g/mol. The largest absolute Gasteiger partial charge is 0.315 e. The topological polar surface area (TPSA) is 76.0 Å². The standard InChI is InChI=1S/C16H18ClFN4O2/c1-4-9(2)22-10(3)7-14(21-22)20-16(24)15(23)19-13-8-11(17)5-6-12(13)18/h5-9H,4H2,1-3H3,(H,19,23)(H,20,21,24). The number of anilines is 2. The Bertz CT molecular complexity index is 775. The van der Waals surface area contributed by atoms with Crippen LogP contribution in [0.1, 0.15) is 32.0 Å².